The van der Waals surface area contributed by atoms with Crippen molar-refractivity contribution in [3.8, 4) is 5.75 Å². The Balaban J connectivity index is 3.20. The first kappa shape index (κ1) is 18.5. The summed E-state index contributed by atoms with van der Waals surface area (Å²) < 4.78 is 93.7. The summed E-state index contributed by atoms with van der Waals surface area (Å²) in [5, 5.41) is 9.93. The van der Waals surface area contributed by atoms with Crippen molar-refractivity contribution in [2.24, 2.45) is 0 Å². The lowest BCUT2D eigenvalue weighted by atomic mass is 9.83. The Labute approximate surface area is 121 Å². The van der Waals surface area contributed by atoms with Crippen molar-refractivity contribution in [1.29, 1.82) is 0 Å². The first-order valence-electron chi connectivity index (χ1n) is 5.94. The van der Waals surface area contributed by atoms with Gasteiger partial charge in [-0.05, 0) is 24.6 Å². The summed E-state index contributed by atoms with van der Waals surface area (Å²) >= 11 is 0. The minimum atomic E-state index is -6.21. The van der Waals surface area contributed by atoms with Crippen molar-refractivity contribution in [3.05, 3.63) is 29.8 Å². The lowest BCUT2D eigenvalue weighted by molar-refractivity contribution is -0.352. The number of benzene rings is 1. The van der Waals surface area contributed by atoms with Crippen molar-refractivity contribution in [2.45, 2.75) is 37.0 Å². The molecule has 1 aromatic carbocycles. The molecule has 0 saturated heterocycles. The Bertz CT molecular complexity index is 489. The number of rotatable bonds is 4. The molecule has 1 N–H and O–H groups in total. The Kier molecular flexibility index (Phi) is 4.72. The highest BCUT2D eigenvalue weighted by Crippen LogP contribution is 2.51. The van der Waals surface area contributed by atoms with Gasteiger partial charge in [-0.3, -0.25) is 0 Å². The van der Waals surface area contributed by atoms with Crippen LogP contribution in [0.25, 0.3) is 0 Å². The molecule has 0 radical (unpaired) electrons. The summed E-state index contributed by atoms with van der Waals surface area (Å²) in [6.45, 7) is 0.681. The van der Waals surface area contributed by atoms with Crippen LogP contribution in [0, 0.1) is 0 Å². The van der Waals surface area contributed by atoms with E-state index in [2.05, 4.69) is 0 Å². The zero-order chi connectivity index (χ0) is 17.4. The largest absolute Gasteiger partial charge is 0.497 e. The van der Waals surface area contributed by atoms with Gasteiger partial charge in [-0.1, -0.05) is 12.1 Å². The summed E-state index contributed by atoms with van der Waals surface area (Å²) in [4.78, 5) is 0. The number of methoxy groups -OCH3 is 1. The van der Waals surface area contributed by atoms with Crippen LogP contribution in [-0.4, -0.2) is 30.2 Å². The fourth-order valence-corrected chi connectivity index (χ4v) is 1.89. The third-order valence-corrected chi connectivity index (χ3v) is 3.20. The van der Waals surface area contributed by atoms with Crippen LogP contribution in [0.2, 0.25) is 0 Å². The molecule has 0 spiro atoms. The van der Waals surface area contributed by atoms with Crippen LogP contribution in [0.3, 0.4) is 0 Å². The molecule has 2 nitrogen and oxygen atoms in total. The number of aliphatic hydroxyl groups is 1. The fraction of sp³-hybridized carbons (Fsp3) is 0.538. The Morgan fingerprint density at radius 1 is 0.909 bits per heavy atom. The standard InChI is InChI=1S/C13H13F7O2/c1-10(21,8-3-5-9(22-2)6-4-8)7-11(14,12(15,16)17)13(18,19)20/h3-6,21H,7H2,1-2H3. The maximum atomic E-state index is 13.7. The number of halogens is 7. The van der Waals surface area contributed by atoms with Crippen LogP contribution in [0.5, 0.6) is 5.75 Å². The first-order chi connectivity index (χ1) is 9.74. The van der Waals surface area contributed by atoms with E-state index >= 15 is 0 Å². The molecule has 9 heteroatoms. The molecule has 0 aliphatic rings. The van der Waals surface area contributed by atoms with Gasteiger partial charge in [0.15, 0.2) is 0 Å². The lowest BCUT2D eigenvalue weighted by Crippen LogP contribution is -2.56. The van der Waals surface area contributed by atoms with Gasteiger partial charge in [0.05, 0.1) is 12.7 Å². The van der Waals surface area contributed by atoms with Gasteiger partial charge in [0.25, 0.3) is 0 Å². The minimum Gasteiger partial charge on any atom is -0.497 e. The fourth-order valence-electron chi connectivity index (χ4n) is 1.89. The summed E-state index contributed by atoms with van der Waals surface area (Å²) in [5.74, 6) is 0.276. The van der Waals surface area contributed by atoms with Gasteiger partial charge in [0, 0.05) is 6.42 Å². The van der Waals surface area contributed by atoms with Crippen molar-refractivity contribution in [2.75, 3.05) is 7.11 Å². The molecule has 0 aliphatic carbocycles. The molecule has 0 aromatic heterocycles. The molecule has 0 amide bonds. The molecule has 0 fully saturated rings. The second kappa shape index (κ2) is 5.60. The minimum absolute atomic E-state index is 0.276. The van der Waals surface area contributed by atoms with Crippen LogP contribution >= 0.6 is 0 Å². The number of alkyl halides is 7. The van der Waals surface area contributed by atoms with Gasteiger partial charge < -0.3 is 9.84 Å². The highest BCUT2D eigenvalue weighted by molar-refractivity contribution is 5.31. The van der Waals surface area contributed by atoms with E-state index in [1.807, 2.05) is 0 Å². The van der Waals surface area contributed by atoms with Crippen LogP contribution < -0.4 is 4.74 Å². The van der Waals surface area contributed by atoms with Crippen molar-refractivity contribution in [3.63, 3.8) is 0 Å². The maximum Gasteiger partial charge on any atom is 0.431 e. The molecule has 1 atom stereocenters. The third-order valence-electron chi connectivity index (χ3n) is 3.20. The second-order valence-corrected chi connectivity index (χ2v) is 4.98. The summed E-state index contributed by atoms with van der Waals surface area (Å²) in [7, 11) is 1.30. The highest BCUT2D eigenvalue weighted by atomic mass is 19.4. The molecule has 1 unspecified atom stereocenters. The average Bonchev–Trinajstić information content (AvgIpc) is 2.35. The molecule has 0 aliphatic heterocycles. The van der Waals surface area contributed by atoms with Gasteiger partial charge in [-0.2, -0.15) is 26.3 Å². The Morgan fingerprint density at radius 2 is 1.32 bits per heavy atom. The molecule has 1 rings (SSSR count). The lowest BCUT2D eigenvalue weighted by Gasteiger charge is -2.36. The van der Waals surface area contributed by atoms with Gasteiger partial charge in [-0.15, -0.1) is 0 Å². The topological polar surface area (TPSA) is 29.5 Å². The predicted molar refractivity (Wildman–Crippen MR) is 63.1 cm³/mol. The second-order valence-electron chi connectivity index (χ2n) is 4.98. The molecule has 1 aromatic rings. The third kappa shape index (κ3) is 3.45. The quantitative estimate of drug-likeness (QED) is 0.839. The van der Waals surface area contributed by atoms with Crippen molar-refractivity contribution in [1.82, 2.24) is 0 Å². The van der Waals surface area contributed by atoms with E-state index < -0.39 is 30.0 Å². The van der Waals surface area contributed by atoms with E-state index in [1.54, 1.807) is 0 Å². The van der Waals surface area contributed by atoms with E-state index in [9.17, 15) is 35.8 Å². The molecule has 126 valence electrons. The average molecular weight is 334 g/mol. The van der Waals surface area contributed by atoms with E-state index in [0.717, 1.165) is 12.1 Å². The van der Waals surface area contributed by atoms with Crippen molar-refractivity contribution >= 4 is 0 Å². The van der Waals surface area contributed by atoms with Crippen molar-refractivity contribution < 1.29 is 40.6 Å². The van der Waals surface area contributed by atoms with E-state index in [0.29, 0.717) is 6.92 Å². The predicted octanol–water partition coefficient (Wildman–Crippen LogP) is 4.13. The van der Waals surface area contributed by atoms with Crippen LogP contribution in [-0.2, 0) is 5.60 Å². The first-order valence-corrected chi connectivity index (χ1v) is 5.94. The van der Waals surface area contributed by atoms with E-state index in [1.165, 1.54) is 19.2 Å². The summed E-state index contributed by atoms with van der Waals surface area (Å²) in [6, 6.07) is 4.58. The normalized spacial score (nSPS) is 16.3. The highest BCUT2D eigenvalue weighted by Gasteiger charge is 2.73. The van der Waals surface area contributed by atoms with Crippen LogP contribution in [0.15, 0.2) is 24.3 Å². The van der Waals surface area contributed by atoms with Gasteiger partial charge >= 0.3 is 18.0 Å². The monoisotopic (exact) mass is 334 g/mol. The number of hydrogen-bond donors (Lipinski definition) is 1. The number of hydrogen-bond acceptors (Lipinski definition) is 2. The molecular formula is C13H13F7O2. The summed E-state index contributed by atoms with van der Waals surface area (Å²) in [6.07, 6.45) is -14.6. The number of ether oxygens (including phenoxy) is 1. The SMILES string of the molecule is COc1ccc(C(C)(O)CC(F)(C(F)(F)F)C(F)(F)F)cc1. The summed E-state index contributed by atoms with van der Waals surface area (Å²) in [5.41, 5.74) is -8.51. The van der Waals surface area contributed by atoms with E-state index in [-0.39, 0.29) is 11.3 Å². The zero-order valence-corrected chi connectivity index (χ0v) is 11.5. The molecule has 0 bridgehead atoms. The smallest absolute Gasteiger partial charge is 0.431 e. The molecule has 22 heavy (non-hydrogen) atoms. The molecular weight excluding hydrogens is 321 g/mol. The maximum absolute atomic E-state index is 13.7. The molecule has 0 heterocycles. The Hall–Kier alpha value is -1.51. The zero-order valence-electron chi connectivity index (χ0n) is 11.5. The molecule has 0 saturated carbocycles. The van der Waals surface area contributed by atoms with Crippen LogP contribution in [0.4, 0.5) is 30.7 Å². The van der Waals surface area contributed by atoms with E-state index in [4.69, 9.17) is 4.74 Å². The Morgan fingerprint density at radius 3 is 1.64 bits per heavy atom. The van der Waals surface area contributed by atoms with Gasteiger partial charge in [0.2, 0.25) is 0 Å². The van der Waals surface area contributed by atoms with Gasteiger partial charge in [0.1, 0.15) is 5.75 Å². The van der Waals surface area contributed by atoms with Crippen LogP contribution in [0.1, 0.15) is 18.9 Å². The van der Waals surface area contributed by atoms with Gasteiger partial charge in [-0.25, -0.2) is 4.39 Å².